The second kappa shape index (κ2) is 6.53. The Kier molecular flexibility index (Phi) is 4.18. The smallest absolute Gasteiger partial charge is 0.339 e. The minimum absolute atomic E-state index is 0.0648. The molecule has 27 heavy (non-hydrogen) atoms. The zero-order valence-electron chi connectivity index (χ0n) is 14.0. The fraction of sp³-hybridized carbons (Fsp3) is 0.211. The van der Waals surface area contributed by atoms with Gasteiger partial charge in [0.25, 0.3) is 0 Å². The van der Waals surface area contributed by atoms with Crippen molar-refractivity contribution in [1.29, 1.82) is 0 Å². The number of aromatic nitrogens is 2. The van der Waals surface area contributed by atoms with Crippen molar-refractivity contribution in [2.75, 3.05) is 11.4 Å². The van der Waals surface area contributed by atoms with Gasteiger partial charge in [-0.1, -0.05) is 35.5 Å². The van der Waals surface area contributed by atoms with Gasteiger partial charge in [0.1, 0.15) is 0 Å². The summed E-state index contributed by atoms with van der Waals surface area (Å²) in [5, 5.41) is 3.79. The van der Waals surface area contributed by atoms with E-state index in [1.165, 1.54) is 12.1 Å². The number of para-hydroxylation sites is 1. The quantitative estimate of drug-likeness (QED) is 0.688. The first kappa shape index (κ1) is 17.3. The standard InChI is InChI=1S/C19H14F3N3O2/c20-19(21,22)14-6-4-5-12(9-14)17-23-18(27-24-17)13-10-16(26)25(11-13)15-7-2-1-3-8-15/h1-9,13H,10-11H2. The number of rotatable bonds is 3. The van der Waals surface area contributed by atoms with Crippen LogP contribution in [0.5, 0.6) is 0 Å². The highest BCUT2D eigenvalue weighted by Gasteiger charge is 2.35. The number of halogens is 3. The van der Waals surface area contributed by atoms with Crippen molar-refractivity contribution in [3.63, 3.8) is 0 Å². The predicted molar refractivity (Wildman–Crippen MR) is 90.9 cm³/mol. The average molecular weight is 373 g/mol. The lowest BCUT2D eigenvalue weighted by Crippen LogP contribution is -2.24. The third-order valence-electron chi connectivity index (χ3n) is 4.43. The molecule has 1 unspecified atom stereocenters. The van der Waals surface area contributed by atoms with Gasteiger partial charge in [-0.05, 0) is 24.3 Å². The van der Waals surface area contributed by atoms with Gasteiger partial charge >= 0.3 is 6.18 Å². The molecule has 8 heteroatoms. The normalized spacial score (nSPS) is 17.5. The van der Waals surface area contributed by atoms with Crippen molar-refractivity contribution >= 4 is 11.6 Å². The molecule has 1 aliphatic heterocycles. The maximum Gasteiger partial charge on any atom is 0.416 e. The van der Waals surface area contributed by atoms with Crippen LogP contribution >= 0.6 is 0 Å². The van der Waals surface area contributed by atoms with Crippen molar-refractivity contribution in [3.8, 4) is 11.4 Å². The lowest BCUT2D eigenvalue weighted by Gasteiger charge is -2.15. The Morgan fingerprint density at radius 3 is 2.59 bits per heavy atom. The Morgan fingerprint density at radius 2 is 1.85 bits per heavy atom. The highest BCUT2D eigenvalue weighted by molar-refractivity contribution is 5.96. The molecule has 5 nitrogen and oxygen atoms in total. The summed E-state index contributed by atoms with van der Waals surface area (Å²) >= 11 is 0. The number of amides is 1. The SMILES string of the molecule is O=C1CC(c2nc(-c3cccc(C(F)(F)F)c3)no2)CN1c1ccccc1. The maximum atomic E-state index is 12.9. The number of nitrogens with zero attached hydrogens (tertiary/aromatic N) is 3. The zero-order chi connectivity index (χ0) is 19.0. The summed E-state index contributed by atoms with van der Waals surface area (Å²) in [7, 11) is 0. The molecule has 138 valence electrons. The van der Waals surface area contributed by atoms with Gasteiger partial charge in [0, 0.05) is 24.2 Å². The van der Waals surface area contributed by atoms with Crippen LogP contribution in [0.1, 0.15) is 23.8 Å². The molecule has 1 amide bonds. The molecule has 1 fully saturated rings. The van der Waals surface area contributed by atoms with Crippen LogP contribution < -0.4 is 4.90 Å². The van der Waals surface area contributed by atoms with E-state index >= 15 is 0 Å². The summed E-state index contributed by atoms with van der Waals surface area (Å²) in [4.78, 5) is 18.2. The summed E-state index contributed by atoms with van der Waals surface area (Å²) < 4.78 is 43.9. The largest absolute Gasteiger partial charge is 0.416 e. The van der Waals surface area contributed by atoms with E-state index in [9.17, 15) is 18.0 Å². The van der Waals surface area contributed by atoms with Gasteiger partial charge in [-0.3, -0.25) is 4.79 Å². The van der Waals surface area contributed by atoms with Crippen LogP contribution in [0, 0.1) is 0 Å². The molecule has 0 aliphatic carbocycles. The minimum atomic E-state index is -4.45. The number of anilines is 1. The monoisotopic (exact) mass is 373 g/mol. The van der Waals surface area contributed by atoms with Crippen molar-refractivity contribution < 1.29 is 22.5 Å². The molecule has 0 radical (unpaired) electrons. The predicted octanol–water partition coefficient (Wildman–Crippen LogP) is 4.28. The van der Waals surface area contributed by atoms with Crippen molar-refractivity contribution in [1.82, 2.24) is 10.1 Å². The lowest BCUT2D eigenvalue weighted by atomic mass is 10.1. The summed E-state index contributed by atoms with van der Waals surface area (Å²) in [6.45, 7) is 0.382. The number of alkyl halides is 3. The van der Waals surface area contributed by atoms with Crippen LogP contribution in [0.3, 0.4) is 0 Å². The first-order valence-electron chi connectivity index (χ1n) is 8.28. The summed E-state index contributed by atoms with van der Waals surface area (Å²) in [6, 6.07) is 14.0. The van der Waals surface area contributed by atoms with Gasteiger partial charge in [-0.25, -0.2) is 0 Å². The topological polar surface area (TPSA) is 59.2 Å². The second-order valence-corrected chi connectivity index (χ2v) is 6.28. The highest BCUT2D eigenvalue weighted by atomic mass is 19.4. The number of hydrogen-bond donors (Lipinski definition) is 0. The van der Waals surface area contributed by atoms with E-state index in [1.807, 2.05) is 30.3 Å². The first-order chi connectivity index (χ1) is 12.9. The average Bonchev–Trinajstić information content (AvgIpc) is 3.29. The van der Waals surface area contributed by atoms with E-state index < -0.39 is 11.7 Å². The Balaban J connectivity index is 1.56. The molecule has 4 rings (SSSR count). The van der Waals surface area contributed by atoms with Crippen molar-refractivity contribution in [2.45, 2.75) is 18.5 Å². The van der Waals surface area contributed by atoms with Gasteiger partial charge in [-0.15, -0.1) is 0 Å². The summed E-state index contributed by atoms with van der Waals surface area (Å²) in [6.07, 6.45) is -4.24. The minimum Gasteiger partial charge on any atom is -0.339 e. The summed E-state index contributed by atoms with van der Waals surface area (Å²) in [5.74, 6) is -0.0503. The molecule has 2 heterocycles. The van der Waals surface area contributed by atoms with Crippen LogP contribution in [-0.2, 0) is 11.0 Å². The number of hydrogen-bond acceptors (Lipinski definition) is 4. The van der Waals surface area contributed by atoms with E-state index in [4.69, 9.17) is 4.52 Å². The fourth-order valence-corrected chi connectivity index (χ4v) is 3.08. The molecule has 0 bridgehead atoms. The van der Waals surface area contributed by atoms with Gasteiger partial charge in [0.15, 0.2) is 0 Å². The third kappa shape index (κ3) is 3.42. The Morgan fingerprint density at radius 1 is 1.07 bits per heavy atom. The van der Waals surface area contributed by atoms with Crippen LogP contribution in [0.2, 0.25) is 0 Å². The molecule has 0 saturated carbocycles. The van der Waals surface area contributed by atoms with Crippen molar-refractivity contribution in [2.24, 2.45) is 0 Å². The molecular weight excluding hydrogens is 359 g/mol. The number of benzene rings is 2. The third-order valence-corrected chi connectivity index (χ3v) is 4.43. The van der Waals surface area contributed by atoms with E-state index in [-0.39, 0.29) is 35.5 Å². The molecule has 0 spiro atoms. The van der Waals surface area contributed by atoms with Gasteiger partial charge in [0.2, 0.25) is 17.6 Å². The van der Waals surface area contributed by atoms with Gasteiger partial charge < -0.3 is 9.42 Å². The van der Waals surface area contributed by atoms with Gasteiger partial charge in [0.05, 0.1) is 11.5 Å². The highest BCUT2D eigenvalue weighted by Crippen LogP contribution is 2.34. The van der Waals surface area contributed by atoms with Crippen LogP contribution in [0.15, 0.2) is 59.1 Å². The number of carbonyl (C=O) groups excluding carboxylic acids is 1. The van der Waals surface area contributed by atoms with Crippen molar-refractivity contribution in [3.05, 3.63) is 66.1 Å². The molecule has 1 saturated heterocycles. The lowest BCUT2D eigenvalue weighted by molar-refractivity contribution is -0.137. The molecular formula is C19H14F3N3O2. The first-order valence-corrected chi connectivity index (χ1v) is 8.28. The molecule has 1 aliphatic rings. The Labute approximate surface area is 152 Å². The Hall–Kier alpha value is -3.16. The van der Waals surface area contributed by atoms with Crippen LogP contribution in [-0.4, -0.2) is 22.6 Å². The molecule has 1 aromatic heterocycles. The van der Waals surface area contributed by atoms with Crippen LogP contribution in [0.4, 0.5) is 18.9 Å². The maximum absolute atomic E-state index is 12.9. The van der Waals surface area contributed by atoms with E-state index in [0.717, 1.165) is 17.8 Å². The number of carbonyl (C=O) groups is 1. The van der Waals surface area contributed by atoms with E-state index in [0.29, 0.717) is 6.54 Å². The van der Waals surface area contributed by atoms with Crippen LogP contribution in [0.25, 0.3) is 11.4 Å². The van der Waals surface area contributed by atoms with Gasteiger partial charge in [-0.2, -0.15) is 18.2 Å². The molecule has 1 atom stereocenters. The zero-order valence-corrected chi connectivity index (χ0v) is 14.0. The second-order valence-electron chi connectivity index (χ2n) is 6.28. The van der Waals surface area contributed by atoms with E-state index in [1.54, 1.807) is 4.90 Å². The molecule has 0 N–H and O–H groups in total. The molecule has 2 aromatic carbocycles. The summed E-state index contributed by atoms with van der Waals surface area (Å²) in [5.41, 5.74) is 0.212. The van der Waals surface area contributed by atoms with E-state index in [2.05, 4.69) is 10.1 Å². The molecule has 3 aromatic rings. The Bertz CT molecular complexity index is 970. The fourth-order valence-electron chi connectivity index (χ4n) is 3.08.